The van der Waals surface area contributed by atoms with Crippen LogP contribution in [0, 0.1) is 17.5 Å². The van der Waals surface area contributed by atoms with Gasteiger partial charge >= 0.3 is 0 Å². The third-order valence-electron chi connectivity index (χ3n) is 4.09. The number of rotatable bonds is 4. The number of aromatic nitrogens is 1. The van der Waals surface area contributed by atoms with Crippen molar-refractivity contribution in [1.82, 2.24) is 4.57 Å². The molecule has 0 bridgehead atoms. The number of halogens is 3. The van der Waals surface area contributed by atoms with E-state index in [4.69, 9.17) is 0 Å². The lowest BCUT2D eigenvalue weighted by Gasteiger charge is -2.12. The lowest BCUT2D eigenvalue weighted by atomic mass is 9.95. The van der Waals surface area contributed by atoms with Crippen LogP contribution < -0.4 is 16.3 Å². The van der Waals surface area contributed by atoms with Gasteiger partial charge in [-0.15, -0.1) is 0 Å². The van der Waals surface area contributed by atoms with E-state index in [1.165, 1.54) is 36.8 Å². The molecule has 8 heteroatoms. The summed E-state index contributed by atoms with van der Waals surface area (Å²) in [7, 11) is 1.48. The summed E-state index contributed by atoms with van der Waals surface area (Å²) in [6, 6.07) is 10.4. The minimum atomic E-state index is -0.996. The van der Waals surface area contributed by atoms with Gasteiger partial charge in [0.1, 0.15) is 30.9 Å². The molecule has 136 valence electrons. The Kier molecular flexibility index (Phi) is 5.16. The highest BCUT2D eigenvalue weighted by molar-refractivity contribution is 6.36. The van der Waals surface area contributed by atoms with Crippen LogP contribution in [0.4, 0.5) is 18.9 Å². The summed E-state index contributed by atoms with van der Waals surface area (Å²) < 4.78 is 42.1. The first-order chi connectivity index (χ1) is 12.9. The fourth-order valence-corrected chi connectivity index (χ4v) is 2.68. The fourth-order valence-electron chi connectivity index (χ4n) is 2.68. The third kappa shape index (κ3) is 3.94. The molecule has 0 saturated carbocycles. The highest BCUT2D eigenvalue weighted by atomic mass is 19.1. The summed E-state index contributed by atoms with van der Waals surface area (Å²) in [5.74, 6) is -3.39. The van der Waals surface area contributed by atoms with Gasteiger partial charge in [-0.1, -0.05) is 18.2 Å². The standard InChI is InChI=1S/C19H14BF3N2O2/c20-17-15(24-18(26)16-13(22)5-2-6-14(16)23)7-8-25(19(17)27)10-11-3-1-4-12(21)9-11/h1-9H,10,20H2,(H,24,26). The quantitative estimate of drug-likeness (QED) is 0.713. The molecular formula is C19H14BF3N2O2. The fraction of sp³-hybridized carbons (Fsp3) is 0.0526. The van der Waals surface area contributed by atoms with Crippen molar-refractivity contribution in [2.45, 2.75) is 6.54 Å². The second-order valence-corrected chi connectivity index (χ2v) is 5.97. The van der Waals surface area contributed by atoms with Crippen molar-refractivity contribution in [3.63, 3.8) is 0 Å². The number of anilines is 1. The van der Waals surface area contributed by atoms with Crippen LogP contribution in [0.3, 0.4) is 0 Å². The smallest absolute Gasteiger partial charge is 0.261 e. The van der Waals surface area contributed by atoms with Crippen molar-refractivity contribution in [3.05, 3.63) is 93.7 Å². The Balaban J connectivity index is 1.87. The zero-order chi connectivity index (χ0) is 19.6. The number of hydrogen-bond acceptors (Lipinski definition) is 2. The molecule has 27 heavy (non-hydrogen) atoms. The minimum Gasteiger partial charge on any atom is -0.322 e. The molecule has 0 spiro atoms. The first-order valence-electron chi connectivity index (χ1n) is 8.06. The number of carbonyl (C=O) groups excluding carboxylic acids is 1. The first-order valence-corrected chi connectivity index (χ1v) is 8.06. The van der Waals surface area contributed by atoms with Gasteiger partial charge in [0.25, 0.3) is 5.91 Å². The van der Waals surface area contributed by atoms with E-state index in [0.29, 0.717) is 5.56 Å². The van der Waals surface area contributed by atoms with E-state index in [-0.39, 0.29) is 17.7 Å². The van der Waals surface area contributed by atoms with Gasteiger partial charge < -0.3 is 9.88 Å². The first kappa shape index (κ1) is 18.5. The Labute approximate surface area is 153 Å². The molecule has 1 amide bonds. The maximum atomic E-state index is 13.7. The van der Waals surface area contributed by atoms with E-state index >= 15 is 0 Å². The number of carbonyl (C=O) groups is 1. The van der Waals surface area contributed by atoms with Crippen LogP contribution in [0.15, 0.2) is 59.5 Å². The van der Waals surface area contributed by atoms with Gasteiger partial charge in [-0.2, -0.15) is 0 Å². The highest BCUT2D eigenvalue weighted by Crippen LogP contribution is 2.14. The lowest BCUT2D eigenvalue weighted by molar-refractivity contribution is 0.101. The van der Waals surface area contributed by atoms with Gasteiger partial charge in [-0.05, 0) is 41.4 Å². The largest absolute Gasteiger partial charge is 0.322 e. The van der Waals surface area contributed by atoms with Crippen molar-refractivity contribution in [1.29, 1.82) is 0 Å². The highest BCUT2D eigenvalue weighted by Gasteiger charge is 2.18. The Morgan fingerprint density at radius 1 is 1.04 bits per heavy atom. The van der Waals surface area contributed by atoms with Gasteiger partial charge in [0.05, 0.1) is 6.54 Å². The minimum absolute atomic E-state index is 0.142. The predicted octanol–water partition coefficient (Wildman–Crippen LogP) is 1.82. The normalized spacial score (nSPS) is 10.6. The van der Waals surface area contributed by atoms with E-state index in [1.807, 2.05) is 0 Å². The Morgan fingerprint density at radius 3 is 2.37 bits per heavy atom. The molecule has 0 aliphatic heterocycles. The molecule has 4 nitrogen and oxygen atoms in total. The number of amides is 1. The molecule has 0 fully saturated rings. The van der Waals surface area contributed by atoms with Crippen LogP contribution in [0.1, 0.15) is 15.9 Å². The topological polar surface area (TPSA) is 51.1 Å². The van der Waals surface area contributed by atoms with E-state index in [9.17, 15) is 22.8 Å². The third-order valence-corrected chi connectivity index (χ3v) is 4.09. The van der Waals surface area contributed by atoms with Crippen LogP contribution >= 0.6 is 0 Å². The summed E-state index contributed by atoms with van der Waals surface area (Å²) >= 11 is 0. The van der Waals surface area contributed by atoms with Gasteiger partial charge in [0.2, 0.25) is 5.56 Å². The number of nitrogens with zero attached hydrogens (tertiary/aromatic N) is 1. The van der Waals surface area contributed by atoms with Gasteiger partial charge in [0, 0.05) is 11.9 Å². The molecule has 1 aromatic heterocycles. The molecule has 1 heterocycles. The van der Waals surface area contributed by atoms with E-state index < -0.39 is 34.5 Å². The molecule has 0 aliphatic rings. The van der Waals surface area contributed by atoms with Crippen LogP contribution in [-0.2, 0) is 6.54 Å². The number of hydrogen-bond donors (Lipinski definition) is 1. The van der Waals surface area contributed by atoms with E-state index in [1.54, 1.807) is 12.1 Å². The van der Waals surface area contributed by atoms with Crippen LogP contribution in [0.25, 0.3) is 0 Å². The molecule has 1 N–H and O–H groups in total. The molecule has 3 aromatic rings. The van der Waals surface area contributed by atoms with Crippen molar-refractivity contribution in [2.24, 2.45) is 0 Å². The zero-order valence-electron chi connectivity index (χ0n) is 14.3. The zero-order valence-corrected chi connectivity index (χ0v) is 14.3. The molecule has 2 aromatic carbocycles. The van der Waals surface area contributed by atoms with E-state index in [0.717, 1.165) is 18.2 Å². The molecule has 0 unspecified atom stereocenters. The SMILES string of the molecule is Bc1c(NC(=O)c2c(F)cccc2F)ccn(Cc2cccc(F)c2)c1=O. The summed E-state index contributed by atoms with van der Waals surface area (Å²) in [5.41, 5.74) is -0.198. The van der Waals surface area contributed by atoms with Gasteiger partial charge in [0.15, 0.2) is 0 Å². The van der Waals surface area contributed by atoms with Gasteiger partial charge in [-0.25, -0.2) is 13.2 Å². The maximum absolute atomic E-state index is 13.7. The molecule has 0 saturated heterocycles. The van der Waals surface area contributed by atoms with E-state index in [2.05, 4.69) is 5.32 Å². The van der Waals surface area contributed by atoms with Crippen molar-refractivity contribution >= 4 is 24.9 Å². The van der Waals surface area contributed by atoms with Crippen molar-refractivity contribution in [2.75, 3.05) is 5.32 Å². The Bertz CT molecular complexity index is 1060. The van der Waals surface area contributed by atoms with Gasteiger partial charge in [-0.3, -0.25) is 9.59 Å². The Morgan fingerprint density at radius 2 is 1.70 bits per heavy atom. The predicted molar refractivity (Wildman–Crippen MR) is 98.7 cm³/mol. The van der Waals surface area contributed by atoms with Crippen LogP contribution in [-0.4, -0.2) is 18.3 Å². The number of benzene rings is 2. The molecular weight excluding hydrogens is 356 g/mol. The van der Waals surface area contributed by atoms with Crippen molar-refractivity contribution in [3.8, 4) is 0 Å². The monoisotopic (exact) mass is 370 g/mol. The van der Waals surface area contributed by atoms with Crippen LogP contribution in [0.2, 0.25) is 0 Å². The number of pyridine rings is 1. The average molecular weight is 370 g/mol. The summed E-state index contributed by atoms with van der Waals surface area (Å²) in [4.78, 5) is 24.7. The lowest BCUT2D eigenvalue weighted by Crippen LogP contribution is -2.37. The molecule has 0 atom stereocenters. The summed E-state index contributed by atoms with van der Waals surface area (Å²) in [5, 5.41) is 2.36. The maximum Gasteiger partial charge on any atom is 0.261 e. The van der Waals surface area contributed by atoms with Crippen molar-refractivity contribution < 1.29 is 18.0 Å². The average Bonchev–Trinajstić information content (AvgIpc) is 2.61. The molecule has 0 radical (unpaired) electrons. The second kappa shape index (κ2) is 7.53. The number of nitrogens with one attached hydrogen (secondary N) is 1. The van der Waals surface area contributed by atoms with Crippen LogP contribution in [0.5, 0.6) is 0 Å². The molecule has 0 aliphatic carbocycles. The Hall–Kier alpha value is -3.29. The summed E-state index contributed by atoms with van der Waals surface area (Å²) in [6.07, 6.45) is 1.42. The molecule has 3 rings (SSSR count). The second-order valence-electron chi connectivity index (χ2n) is 5.97. The summed E-state index contributed by atoms with van der Waals surface area (Å²) in [6.45, 7) is 0.146.